The molecule has 16 heavy (non-hydrogen) atoms. The Morgan fingerprint density at radius 2 is 2.00 bits per heavy atom. The Hall–Kier alpha value is -0.820. The molecule has 0 aliphatic rings. The van der Waals surface area contributed by atoms with Crippen molar-refractivity contribution in [1.29, 1.82) is 0 Å². The van der Waals surface area contributed by atoms with Crippen molar-refractivity contribution in [2.24, 2.45) is 0 Å². The number of aliphatic hydroxyl groups is 1. The van der Waals surface area contributed by atoms with Gasteiger partial charge in [0.25, 0.3) is 0 Å². The van der Waals surface area contributed by atoms with Gasteiger partial charge in [-0.05, 0) is 0 Å². The maximum absolute atomic E-state index is 12.1. The zero-order valence-electron chi connectivity index (χ0n) is 9.34. The fourth-order valence-electron chi connectivity index (χ4n) is 1.03. The first-order valence-electron chi connectivity index (χ1n) is 4.95. The molecule has 0 saturated heterocycles. The minimum absolute atomic E-state index is 0.0193. The number of carbonyl (C=O) groups is 1. The summed E-state index contributed by atoms with van der Waals surface area (Å²) in [5, 5.41) is 11.3. The third-order valence-electron chi connectivity index (χ3n) is 1.75. The summed E-state index contributed by atoms with van der Waals surface area (Å²) in [4.78, 5) is 12.0. The average molecular weight is 242 g/mol. The highest BCUT2D eigenvalue weighted by atomic mass is 19.4. The highest BCUT2D eigenvalue weighted by Crippen LogP contribution is 2.16. The molecule has 0 unspecified atom stereocenters. The van der Waals surface area contributed by atoms with Gasteiger partial charge in [0.05, 0.1) is 13.2 Å². The number of hydrogen-bond acceptors (Lipinski definition) is 3. The van der Waals surface area contributed by atoms with E-state index < -0.39 is 25.2 Å². The minimum atomic E-state index is -4.44. The molecule has 0 aliphatic carbocycles. The normalized spacial score (nSPS) is 11.9. The molecule has 0 aromatic carbocycles. The molecule has 1 amide bonds. The van der Waals surface area contributed by atoms with Gasteiger partial charge in [-0.2, -0.15) is 13.2 Å². The molecule has 4 nitrogen and oxygen atoms in total. The molecule has 0 bridgehead atoms. The lowest BCUT2D eigenvalue weighted by Gasteiger charge is -2.23. The fraction of sp³-hybridized carbons (Fsp3) is 0.889. The molecule has 0 atom stereocenters. The minimum Gasteiger partial charge on any atom is -0.395 e. The quantitative estimate of drug-likeness (QED) is 0.707. The third-order valence-corrected chi connectivity index (χ3v) is 1.75. The Kier molecular flexibility index (Phi) is 6.35. The maximum atomic E-state index is 12.1. The van der Waals surface area contributed by atoms with Crippen molar-refractivity contribution in [3.8, 4) is 0 Å². The van der Waals surface area contributed by atoms with Crippen molar-refractivity contribution in [3.63, 3.8) is 0 Å². The summed E-state index contributed by atoms with van der Waals surface area (Å²) < 4.78 is 36.3. The zero-order valence-corrected chi connectivity index (χ0v) is 9.34. The van der Waals surface area contributed by atoms with E-state index in [2.05, 4.69) is 5.32 Å². The summed E-state index contributed by atoms with van der Waals surface area (Å²) in [7, 11) is 0. The van der Waals surface area contributed by atoms with E-state index in [1.165, 1.54) is 0 Å². The number of halogens is 3. The Labute approximate surface area is 92.4 Å². The van der Waals surface area contributed by atoms with E-state index >= 15 is 0 Å². The van der Waals surface area contributed by atoms with E-state index in [9.17, 15) is 18.0 Å². The van der Waals surface area contributed by atoms with Crippen LogP contribution >= 0.6 is 0 Å². The predicted molar refractivity (Wildman–Crippen MR) is 52.9 cm³/mol. The summed E-state index contributed by atoms with van der Waals surface area (Å²) in [6.45, 7) is 1.29. The van der Waals surface area contributed by atoms with Gasteiger partial charge in [0.2, 0.25) is 5.91 Å². The van der Waals surface area contributed by atoms with Crippen molar-refractivity contribution in [2.45, 2.75) is 26.1 Å². The smallest absolute Gasteiger partial charge is 0.395 e. The zero-order chi connectivity index (χ0) is 12.8. The van der Waals surface area contributed by atoms with Crippen LogP contribution < -0.4 is 5.32 Å². The lowest BCUT2D eigenvalue weighted by molar-refractivity contribution is -0.161. The van der Waals surface area contributed by atoms with Crippen LogP contribution in [-0.4, -0.2) is 54.4 Å². The molecule has 0 heterocycles. The lowest BCUT2D eigenvalue weighted by atomic mass is 10.3. The number of rotatable bonds is 6. The number of aliphatic hydroxyl groups excluding tert-OH is 1. The van der Waals surface area contributed by atoms with E-state index in [-0.39, 0.29) is 19.1 Å². The molecule has 2 N–H and O–H groups in total. The van der Waals surface area contributed by atoms with Crippen molar-refractivity contribution >= 4 is 5.91 Å². The van der Waals surface area contributed by atoms with Crippen LogP contribution in [0.1, 0.15) is 13.8 Å². The Balaban J connectivity index is 4.24. The van der Waals surface area contributed by atoms with E-state index in [1.807, 2.05) is 0 Å². The van der Waals surface area contributed by atoms with Gasteiger partial charge >= 0.3 is 6.18 Å². The highest BCUT2D eigenvalue weighted by Gasteiger charge is 2.32. The van der Waals surface area contributed by atoms with Crippen molar-refractivity contribution in [1.82, 2.24) is 10.2 Å². The van der Waals surface area contributed by atoms with E-state index in [4.69, 9.17) is 5.11 Å². The predicted octanol–water partition coefficient (Wildman–Crippen LogP) is 0.368. The van der Waals surface area contributed by atoms with Crippen LogP contribution in [0, 0.1) is 0 Å². The molecular formula is C9H17F3N2O2. The monoisotopic (exact) mass is 242 g/mol. The largest absolute Gasteiger partial charge is 0.406 e. The second kappa shape index (κ2) is 6.70. The molecule has 0 aromatic heterocycles. The molecular weight excluding hydrogens is 225 g/mol. The highest BCUT2D eigenvalue weighted by molar-refractivity contribution is 5.78. The number of nitrogens with zero attached hydrogens (tertiary/aromatic N) is 1. The van der Waals surface area contributed by atoms with Gasteiger partial charge < -0.3 is 15.3 Å². The van der Waals surface area contributed by atoms with Crippen LogP contribution in [0.15, 0.2) is 0 Å². The van der Waals surface area contributed by atoms with Gasteiger partial charge in [0, 0.05) is 12.6 Å². The second-order valence-corrected chi connectivity index (χ2v) is 3.69. The van der Waals surface area contributed by atoms with Crippen LogP contribution in [0.4, 0.5) is 13.2 Å². The first-order chi connectivity index (χ1) is 7.26. The summed E-state index contributed by atoms with van der Waals surface area (Å²) in [6.07, 6.45) is -4.44. The number of alkyl halides is 3. The number of nitrogens with one attached hydrogen (secondary N) is 1. The molecule has 0 aliphatic heterocycles. The van der Waals surface area contributed by atoms with Gasteiger partial charge in [0.15, 0.2) is 0 Å². The summed E-state index contributed by atoms with van der Waals surface area (Å²) in [6, 6.07) is 0.0193. The van der Waals surface area contributed by atoms with Crippen LogP contribution in [0.25, 0.3) is 0 Å². The van der Waals surface area contributed by atoms with Crippen molar-refractivity contribution in [2.75, 3.05) is 26.2 Å². The van der Waals surface area contributed by atoms with Gasteiger partial charge in [-0.15, -0.1) is 0 Å². The number of carbonyl (C=O) groups excluding carboxylic acids is 1. The molecule has 0 fully saturated rings. The second-order valence-electron chi connectivity index (χ2n) is 3.69. The van der Waals surface area contributed by atoms with Crippen LogP contribution in [0.2, 0.25) is 0 Å². The van der Waals surface area contributed by atoms with Crippen LogP contribution in [-0.2, 0) is 4.79 Å². The third kappa shape index (κ3) is 7.47. The topological polar surface area (TPSA) is 52.6 Å². The first-order valence-corrected chi connectivity index (χ1v) is 4.95. The standard InChI is InChI=1S/C9H17F3N2O2/c1-7(2)13-5-8(16)14(3-4-15)6-9(10,11)12/h7,13,15H,3-6H2,1-2H3. The molecule has 0 radical (unpaired) electrons. The van der Waals surface area contributed by atoms with Gasteiger partial charge in [-0.3, -0.25) is 4.79 Å². The average Bonchev–Trinajstić information content (AvgIpc) is 2.11. The fourth-order valence-corrected chi connectivity index (χ4v) is 1.03. The van der Waals surface area contributed by atoms with Crippen LogP contribution in [0.3, 0.4) is 0 Å². The summed E-state index contributed by atoms with van der Waals surface area (Å²) in [5.74, 6) is -0.667. The van der Waals surface area contributed by atoms with Crippen molar-refractivity contribution in [3.05, 3.63) is 0 Å². The molecule has 0 rings (SSSR count). The van der Waals surface area contributed by atoms with E-state index in [1.54, 1.807) is 13.8 Å². The Morgan fingerprint density at radius 1 is 1.44 bits per heavy atom. The van der Waals surface area contributed by atoms with Gasteiger partial charge in [0.1, 0.15) is 6.54 Å². The molecule has 0 saturated carbocycles. The molecule has 7 heteroatoms. The number of amides is 1. The SMILES string of the molecule is CC(C)NCC(=O)N(CCO)CC(F)(F)F. The molecule has 96 valence electrons. The van der Waals surface area contributed by atoms with E-state index in [0.29, 0.717) is 4.90 Å². The molecule has 0 spiro atoms. The van der Waals surface area contributed by atoms with E-state index in [0.717, 1.165) is 0 Å². The van der Waals surface area contributed by atoms with Gasteiger partial charge in [-0.1, -0.05) is 13.8 Å². The Bertz CT molecular complexity index is 219. The van der Waals surface area contributed by atoms with Gasteiger partial charge in [-0.25, -0.2) is 0 Å². The molecule has 0 aromatic rings. The number of hydrogen-bond donors (Lipinski definition) is 2. The van der Waals surface area contributed by atoms with Crippen molar-refractivity contribution < 1.29 is 23.1 Å². The lowest BCUT2D eigenvalue weighted by Crippen LogP contribution is -2.45. The maximum Gasteiger partial charge on any atom is 0.406 e. The summed E-state index contributed by atoms with van der Waals surface area (Å²) >= 11 is 0. The van der Waals surface area contributed by atoms with Crippen LogP contribution in [0.5, 0.6) is 0 Å². The first kappa shape index (κ1) is 15.2. The Morgan fingerprint density at radius 3 is 2.38 bits per heavy atom. The summed E-state index contributed by atoms with van der Waals surface area (Å²) in [5.41, 5.74) is 0.